The molecule has 0 bridgehead atoms. The van der Waals surface area contributed by atoms with Crippen LogP contribution in [-0.2, 0) is 13.2 Å². The standard InChI is InChI=1S/C24H25FN2O4/c1-28-21-10-6-18(12-23(21)29-2)14-26-27-15-19-7-11-22(24(13-19)30-3)31-16-17-4-8-20(25)9-5-17/h4-13,15,26H,14,16H2,1-3H3/b27-15-. The van der Waals surface area contributed by atoms with E-state index in [2.05, 4.69) is 10.5 Å². The molecule has 0 heterocycles. The molecule has 0 radical (unpaired) electrons. The van der Waals surface area contributed by atoms with Crippen molar-refractivity contribution in [2.45, 2.75) is 13.2 Å². The number of benzene rings is 3. The smallest absolute Gasteiger partial charge is 0.161 e. The highest BCUT2D eigenvalue weighted by Gasteiger charge is 2.06. The Morgan fingerprint density at radius 3 is 2.13 bits per heavy atom. The highest BCUT2D eigenvalue weighted by molar-refractivity contribution is 5.80. The van der Waals surface area contributed by atoms with Crippen LogP contribution in [0.5, 0.6) is 23.0 Å². The zero-order chi connectivity index (χ0) is 22.1. The summed E-state index contributed by atoms with van der Waals surface area (Å²) in [5.41, 5.74) is 5.75. The van der Waals surface area contributed by atoms with Gasteiger partial charge in [-0.3, -0.25) is 0 Å². The number of ether oxygens (including phenoxy) is 4. The Hall–Kier alpha value is -3.74. The fraction of sp³-hybridized carbons (Fsp3) is 0.208. The van der Waals surface area contributed by atoms with E-state index in [1.54, 1.807) is 39.7 Å². The van der Waals surface area contributed by atoms with E-state index in [1.807, 2.05) is 36.4 Å². The summed E-state index contributed by atoms with van der Waals surface area (Å²) < 4.78 is 34.8. The monoisotopic (exact) mass is 424 g/mol. The van der Waals surface area contributed by atoms with Crippen molar-refractivity contribution in [3.63, 3.8) is 0 Å². The van der Waals surface area contributed by atoms with E-state index < -0.39 is 0 Å². The quantitative estimate of drug-likeness (QED) is 0.382. The molecule has 0 spiro atoms. The molecule has 1 N–H and O–H groups in total. The van der Waals surface area contributed by atoms with Gasteiger partial charge in [-0.1, -0.05) is 18.2 Å². The predicted octanol–water partition coefficient (Wildman–Crippen LogP) is 4.55. The van der Waals surface area contributed by atoms with Crippen molar-refractivity contribution in [2.24, 2.45) is 5.10 Å². The average Bonchev–Trinajstić information content (AvgIpc) is 2.81. The summed E-state index contributed by atoms with van der Waals surface area (Å²) in [6.07, 6.45) is 1.70. The highest BCUT2D eigenvalue weighted by Crippen LogP contribution is 2.29. The molecule has 3 aromatic rings. The Morgan fingerprint density at radius 1 is 0.774 bits per heavy atom. The normalized spacial score (nSPS) is 10.7. The Morgan fingerprint density at radius 2 is 1.42 bits per heavy atom. The third kappa shape index (κ3) is 6.12. The minimum Gasteiger partial charge on any atom is -0.493 e. The van der Waals surface area contributed by atoms with Gasteiger partial charge in [0.2, 0.25) is 0 Å². The SMILES string of the molecule is COc1ccc(CN/N=C\c2ccc(OCc3ccc(F)cc3)c(OC)c2)cc1OC. The molecule has 6 nitrogen and oxygen atoms in total. The van der Waals surface area contributed by atoms with Crippen molar-refractivity contribution in [2.75, 3.05) is 21.3 Å². The van der Waals surface area contributed by atoms with Crippen molar-refractivity contribution in [3.8, 4) is 23.0 Å². The molecule has 7 heteroatoms. The van der Waals surface area contributed by atoms with Crippen LogP contribution >= 0.6 is 0 Å². The largest absolute Gasteiger partial charge is 0.493 e. The van der Waals surface area contributed by atoms with E-state index in [4.69, 9.17) is 18.9 Å². The van der Waals surface area contributed by atoms with Crippen LogP contribution in [0.1, 0.15) is 16.7 Å². The van der Waals surface area contributed by atoms with Crippen LogP contribution in [0.15, 0.2) is 65.8 Å². The molecule has 3 rings (SSSR count). The van der Waals surface area contributed by atoms with Gasteiger partial charge in [0.05, 0.1) is 34.1 Å². The third-order valence-corrected chi connectivity index (χ3v) is 4.53. The Bertz CT molecular complexity index is 1020. The Balaban J connectivity index is 1.57. The first-order valence-corrected chi connectivity index (χ1v) is 9.65. The molecule has 0 amide bonds. The van der Waals surface area contributed by atoms with Gasteiger partial charge in [-0.15, -0.1) is 0 Å². The Labute approximate surface area is 181 Å². The second-order valence-corrected chi connectivity index (χ2v) is 6.61. The van der Waals surface area contributed by atoms with Crippen molar-refractivity contribution in [3.05, 3.63) is 83.2 Å². The van der Waals surface area contributed by atoms with E-state index in [1.165, 1.54) is 12.1 Å². The fourth-order valence-electron chi connectivity index (χ4n) is 2.87. The van der Waals surface area contributed by atoms with Crippen LogP contribution in [0.4, 0.5) is 4.39 Å². The van der Waals surface area contributed by atoms with Crippen LogP contribution in [0.25, 0.3) is 0 Å². The first-order chi connectivity index (χ1) is 15.1. The second-order valence-electron chi connectivity index (χ2n) is 6.61. The maximum absolute atomic E-state index is 13.0. The van der Waals surface area contributed by atoms with Crippen LogP contribution in [0.2, 0.25) is 0 Å². The molecule has 0 aliphatic heterocycles. The van der Waals surface area contributed by atoms with Gasteiger partial charge in [0.15, 0.2) is 23.0 Å². The second kappa shape index (κ2) is 10.9. The zero-order valence-corrected chi connectivity index (χ0v) is 17.7. The van der Waals surface area contributed by atoms with Gasteiger partial charge in [0.25, 0.3) is 0 Å². The van der Waals surface area contributed by atoms with Gasteiger partial charge in [0.1, 0.15) is 12.4 Å². The van der Waals surface area contributed by atoms with E-state index in [9.17, 15) is 4.39 Å². The van der Waals surface area contributed by atoms with Gasteiger partial charge < -0.3 is 24.4 Å². The summed E-state index contributed by atoms with van der Waals surface area (Å²) in [7, 11) is 4.79. The first-order valence-electron chi connectivity index (χ1n) is 9.65. The van der Waals surface area contributed by atoms with E-state index >= 15 is 0 Å². The number of halogens is 1. The van der Waals surface area contributed by atoms with Crippen LogP contribution in [-0.4, -0.2) is 27.5 Å². The fourth-order valence-corrected chi connectivity index (χ4v) is 2.87. The number of rotatable bonds is 10. The molecule has 162 valence electrons. The van der Waals surface area contributed by atoms with Gasteiger partial charge in [-0.05, 0) is 59.2 Å². The first kappa shape index (κ1) is 22.0. The van der Waals surface area contributed by atoms with Crippen molar-refractivity contribution < 1.29 is 23.3 Å². The zero-order valence-electron chi connectivity index (χ0n) is 17.7. The summed E-state index contributed by atoms with van der Waals surface area (Å²) >= 11 is 0. The molecule has 0 fully saturated rings. The van der Waals surface area contributed by atoms with Crippen LogP contribution < -0.4 is 24.4 Å². The molecule has 0 unspecified atom stereocenters. The van der Waals surface area contributed by atoms with Crippen molar-refractivity contribution in [1.82, 2.24) is 5.43 Å². The van der Waals surface area contributed by atoms with Gasteiger partial charge in [-0.2, -0.15) is 5.10 Å². The number of nitrogens with one attached hydrogen (secondary N) is 1. The minimum absolute atomic E-state index is 0.273. The van der Waals surface area contributed by atoms with Crippen molar-refractivity contribution >= 4 is 6.21 Å². The maximum atomic E-state index is 13.0. The lowest BCUT2D eigenvalue weighted by molar-refractivity contribution is 0.284. The molecule has 0 aliphatic carbocycles. The molecule has 0 aromatic heterocycles. The van der Waals surface area contributed by atoms with Gasteiger partial charge in [-0.25, -0.2) is 4.39 Å². The molecule has 3 aromatic carbocycles. The summed E-state index contributed by atoms with van der Waals surface area (Å²) in [6.45, 7) is 0.851. The predicted molar refractivity (Wildman–Crippen MR) is 118 cm³/mol. The number of hydrogen-bond donors (Lipinski definition) is 1. The molecular weight excluding hydrogens is 399 g/mol. The van der Waals surface area contributed by atoms with E-state index in [-0.39, 0.29) is 5.82 Å². The van der Waals surface area contributed by atoms with E-state index in [0.717, 1.165) is 16.7 Å². The topological polar surface area (TPSA) is 61.3 Å². The molecule has 0 saturated carbocycles. The molecule has 31 heavy (non-hydrogen) atoms. The molecular formula is C24H25FN2O4. The maximum Gasteiger partial charge on any atom is 0.161 e. The summed E-state index contributed by atoms with van der Waals surface area (Å²) in [6, 6.07) is 17.4. The average molecular weight is 424 g/mol. The lowest BCUT2D eigenvalue weighted by Gasteiger charge is -2.11. The number of methoxy groups -OCH3 is 3. The summed E-state index contributed by atoms with van der Waals surface area (Å²) in [4.78, 5) is 0. The van der Waals surface area contributed by atoms with Crippen LogP contribution in [0.3, 0.4) is 0 Å². The van der Waals surface area contributed by atoms with Gasteiger partial charge in [0, 0.05) is 0 Å². The van der Waals surface area contributed by atoms with E-state index in [0.29, 0.717) is 36.1 Å². The summed E-state index contributed by atoms with van der Waals surface area (Å²) in [5, 5.41) is 4.26. The lowest BCUT2D eigenvalue weighted by Crippen LogP contribution is -2.06. The lowest BCUT2D eigenvalue weighted by atomic mass is 10.2. The van der Waals surface area contributed by atoms with Gasteiger partial charge >= 0.3 is 0 Å². The molecule has 0 aliphatic rings. The van der Waals surface area contributed by atoms with Crippen LogP contribution in [0, 0.1) is 5.82 Å². The third-order valence-electron chi connectivity index (χ3n) is 4.53. The number of nitrogens with zero attached hydrogens (tertiary/aromatic N) is 1. The Kier molecular flexibility index (Phi) is 7.70. The summed E-state index contributed by atoms with van der Waals surface area (Å²) in [5.74, 6) is 2.27. The molecule has 0 atom stereocenters. The minimum atomic E-state index is -0.273. The number of hydrogen-bond acceptors (Lipinski definition) is 6. The highest BCUT2D eigenvalue weighted by atomic mass is 19.1. The van der Waals surface area contributed by atoms with Crippen molar-refractivity contribution in [1.29, 1.82) is 0 Å². The number of hydrazone groups is 1. The molecule has 0 saturated heterocycles.